The van der Waals surface area contributed by atoms with Crippen molar-refractivity contribution < 1.29 is 0 Å². The lowest BCUT2D eigenvalue weighted by Gasteiger charge is -2.26. The van der Waals surface area contributed by atoms with Crippen molar-refractivity contribution in [3.05, 3.63) is 0 Å². The number of hydrogen-bond acceptors (Lipinski definition) is 3. The molecule has 0 aromatic carbocycles. The Bertz CT molecular complexity index is 184. The van der Waals surface area contributed by atoms with Crippen LogP contribution in [0.25, 0.3) is 0 Å². The van der Waals surface area contributed by atoms with Gasteiger partial charge >= 0.3 is 0 Å². The van der Waals surface area contributed by atoms with E-state index in [-0.39, 0.29) is 0 Å². The molecule has 1 fully saturated rings. The third-order valence-corrected chi connectivity index (χ3v) is 3.97. The van der Waals surface area contributed by atoms with Gasteiger partial charge in [-0.2, -0.15) is 0 Å². The molecular formula is C13H29N3. The second-order valence-corrected chi connectivity index (χ2v) is 5.25. The molecule has 16 heavy (non-hydrogen) atoms. The summed E-state index contributed by atoms with van der Waals surface area (Å²) in [5.41, 5.74) is 0. The summed E-state index contributed by atoms with van der Waals surface area (Å²) >= 11 is 0. The SMILES string of the molecule is CCC(C)N(C)CCN1CCC(CNC)C1. The zero-order chi connectivity index (χ0) is 12.0. The lowest BCUT2D eigenvalue weighted by atomic mass is 10.1. The molecule has 2 atom stereocenters. The first-order chi connectivity index (χ1) is 7.67. The van der Waals surface area contributed by atoms with Gasteiger partial charge in [-0.25, -0.2) is 0 Å². The van der Waals surface area contributed by atoms with E-state index >= 15 is 0 Å². The first kappa shape index (κ1) is 13.9. The Kier molecular flexibility index (Phi) is 6.32. The van der Waals surface area contributed by atoms with E-state index in [1.54, 1.807) is 0 Å². The fraction of sp³-hybridized carbons (Fsp3) is 1.00. The number of nitrogens with one attached hydrogen (secondary N) is 1. The molecule has 0 bridgehead atoms. The van der Waals surface area contributed by atoms with Gasteiger partial charge in [0, 0.05) is 25.7 Å². The minimum atomic E-state index is 0.718. The number of rotatable bonds is 7. The van der Waals surface area contributed by atoms with E-state index in [0.717, 1.165) is 12.0 Å². The minimum Gasteiger partial charge on any atom is -0.319 e. The summed E-state index contributed by atoms with van der Waals surface area (Å²) in [7, 11) is 4.30. The Morgan fingerprint density at radius 1 is 1.50 bits per heavy atom. The highest BCUT2D eigenvalue weighted by Gasteiger charge is 2.21. The van der Waals surface area contributed by atoms with E-state index in [4.69, 9.17) is 0 Å². The van der Waals surface area contributed by atoms with Gasteiger partial charge in [-0.15, -0.1) is 0 Å². The normalized spacial score (nSPS) is 24.2. The van der Waals surface area contributed by atoms with Crippen molar-refractivity contribution in [2.45, 2.75) is 32.7 Å². The predicted octanol–water partition coefficient (Wildman–Crippen LogP) is 1.26. The highest BCUT2D eigenvalue weighted by Crippen LogP contribution is 2.14. The first-order valence-electron chi connectivity index (χ1n) is 6.74. The average Bonchev–Trinajstić information content (AvgIpc) is 2.73. The number of likely N-dealkylation sites (tertiary alicyclic amines) is 1. The van der Waals surface area contributed by atoms with Gasteiger partial charge in [-0.1, -0.05) is 6.92 Å². The number of likely N-dealkylation sites (N-methyl/N-ethyl adjacent to an activating group) is 1. The Balaban J connectivity index is 2.14. The fourth-order valence-corrected chi connectivity index (χ4v) is 2.40. The second kappa shape index (κ2) is 7.25. The molecule has 1 N–H and O–H groups in total. The van der Waals surface area contributed by atoms with Crippen molar-refractivity contribution in [1.29, 1.82) is 0 Å². The molecule has 3 heteroatoms. The second-order valence-electron chi connectivity index (χ2n) is 5.25. The standard InChI is InChI=1S/C13H29N3/c1-5-12(2)15(4)8-9-16-7-6-13(11-16)10-14-3/h12-14H,5-11H2,1-4H3. The van der Waals surface area contributed by atoms with Crippen molar-refractivity contribution in [2.75, 3.05) is 46.8 Å². The Morgan fingerprint density at radius 3 is 2.88 bits per heavy atom. The summed E-state index contributed by atoms with van der Waals surface area (Å²) in [6, 6.07) is 0.718. The summed E-state index contributed by atoms with van der Waals surface area (Å²) < 4.78 is 0. The Hall–Kier alpha value is -0.120. The van der Waals surface area contributed by atoms with Crippen LogP contribution in [0, 0.1) is 5.92 Å². The van der Waals surface area contributed by atoms with Crippen molar-refractivity contribution >= 4 is 0 Å². The largest absolute Gasteiger partial charge is 0.319 e. The van der Waals surface area contributed by atoms with Crippen LogP contribution in [0.4, 0.5) is 0 Å². The lowest BCUT2D eigenvalue weighted by Crippen LogP contribution is -2.36. The molecule has 96 valence electrons. The van der Waals surface area contributed by atoms with Crippen molar-refractivity contribution in [2.24, 2.45) is 5.92 Å². The highest BCUT2D eigenvalue weighted by atomic mass is 15.2. The topological polar surface area (TPSA) is 18.5 Å². The summed E-state index contributed by atoms with van der Waals surface area (Å²) in [5.74, 6) is 0.874. The maximum absolute atomic E-state index is 3.29. The molecule has 0 saturated carbocycles. The van der Waals surface area contributed by atoms with Gasteiger partial charge in [0.25, 0.3) is 0 Å². The number of nitrogens with zero attached hydrogens (tertiary/aromatic N) is 2. The van der Waals surface area contributed by atoms with Crippen molar-refractivity contribution in [3.63, 3.8) is 0 Å². The molecule has 1 aliphatic heterocycles. The molecule has 1 aliphatic rings. The Labute approximate surface area is 101 Å². The number of hydrogen-bond donors (Lipinski definition) is 1. The zero-order valence-electron chi connectivity index (χ0n) is 11.5. The van der Waals surface area contributed by atoms with E-state index in [9.17, 15) is 0 Å². The third kappa shape index (κ3) is 4.40. The van der Waals surface area contributed by atoms with Crippen molar-refractivity contribution in [1.82, 2.24) is 15.1 Å². The molecule has 0 aromatic rings. The van der Waals surface area contributed by atoms with Gasteiger partial charge in [-0.05, 0) is 52.9 Å². The maximum atomic E-state index is 3.29. The lowest BCUT2D eigenvalue weighted by molar-refractivity contribution is 0.208. The van der Waals surface area contributed by atoms with Crippen LogP contribution >= 0.6 is 0 Å². The van der Waals surface area contributed by atoms with E-state index in [0.29, 0.717) is 0 Å². The Morgan fingerprint density at radius 2 is 2.25 bits per heavy atom. The van der Waals surface area contributed by atoms with Gasteiger partial charge in [0.2, 0.25) is 0 Å². The van der Waals surface area contributed by atoms with Crippen LogP contribution < -0.4 is 5.32 Å². The van der Waals surface area contributed by atoms with Crippen LogP contribution in [-0.2, 0) is 0 Å². The molecule has 1 heterocycles. The van der Waals surface area contributed by atoms with Crippen LogP contribution in [0.3, 0.4) is 0 Å². The fourth-order valence-electron chi connectivity index (χ4n) is 2.40. The van der Waals surface area contributed by atoms with Crippen LogP contribution in [-0.4, -0.2) is 62.7 Å². The molecule has 1 saturated heterocycles. The van der Waals surface area contributed by atoms with Gasteiger partial charge in [-0.3, -0.25) is 0 Å². The molecule has 3 nitrogen and oxygen atoms in total. The van der Waals surface area contributed by atoms with E-state index < -0.39 is 0 Å². The molecular weight excluding hydrogens is 198 g/mol. The zero-order valence-corrected chi connectivity index (χ0v) is 11.5. The van der Waals surface area contributed by atoms with E-state index in [1.807, 2.05) is 0 Å². The van der Waals surface area contributed by atoms with Gasteiger partial charge < -0.3 is 15.1 Å². The molecule has 0 radical (unpaired) electrons. The summed E-state index contributed by atoms with van der Waals surface area (Å²) in [5, 5.41) is 3.29. The van der Waals surface area contributed by atoms with E-state index in [2.05, 4.69) is 43.1 Å². The van der Waals surface area contributed by atoms with Crippen LogP contribution in [0.1, 0.15) is 26.7 Å². The molecule has 0 aromatic heterocycles. The first-order valence-corrected chi connectivity index (χ1v) is 6.74. The minimum absolute atomic E-state index is 0.718. The third-order valence-electron chi connectivity index (χ3n) is 3.97. The van der Waals surface area contributed by atoms with Crippen molar-refractivity contribution in [3.8, 4) is 0 Å². The smallest absolute Gasteiger partial charge is 0.0109 e. The van der Waals surface area contributed by atoms with Crippen LogP contribution in [0.15, 0.2) is 0 Å². The predicted molar refractivity (Wildman–Crippen MR) is 70.9 cm³/mol. The van der Waals surface area contributed by atoms with Gasteiger partial charge in [0.05, 0.1) is 0 Å². The maximum Gasteiger partial charge on any atom is 0.0109 e. The highest BCUT2D eigenvalue weighted by molar-refractivity contribution is 4.77. The molecule has 2 unspecified atom stereocenters. The quantitative estimate of drug-likeness (QED) is 0.706. The van der Waals surface area contributed by atoms with Crippen LogP contribution in [0.5, 0.6) is 0 Å². The monoisotopic (exact) mass is 227 g/mol. The summed E-state index contributed by atoms with van der Waals surface area (Å²) in [4.78, 5) is 5.09. The summed E-state index contributed by atoms with van der Waals surface area (Å²) in [6.07, 6.45) is 2.62. The van der Waals surface area contributed by atoms with Gasteiger partial charge in [0.1, 0.15) is 0 Å². The molecule has 0 spiro atoms. The van der Waals surface area contributed by atoms with Crippen LogP contribution in [0.2, 0.25) is 0 Å². The molecule has 0 aliphatic carbocycles. The van der Waals surface area contributed by atoms with Gasteiger partial charge in [0.15, 0.2) is 0 Å². The summed E-state index contributed by atoms with van der Waals surface area (Å²) in [6.45, 7) is 10.8. The van der Waals surface area contributed by atoms with E-state index in [1.165, 1.54) is 45.6 Å². The molecule has 1 rings (SSSR count). The molecule has 0 amide bonds. The average molecular weight is 227 g/mol.